The molecule has 1 aromatic carbocycles. The summed E-state index contributed by atoms with van der Waals surface area (Å²) in [5, 5.41) is 0. The van der Waals surface area contributed by atoms with Crippen LogP contribution in [0.3, 0.4) is 0 Å². The number of aryl methyl sites for hydroxylation is 1. The van der Waals surface area contributed by atoms with Gasteiger partial charge in [-0.2, -0.15) is 0 Å². The summed E-state index contributed by atoms with van der Waals surface area (Å²) in [6.07, 6.45) is 1.09. The van der Waals surface area contributed by atoms with Crippen molar-refractivity contribution in [2.24, 2.45) is 5.73 Å². The van der Waals surface area contributed by atoms with E-state index < -0.39 is 0 Å². The first-order valence-electron chi connectivity index (χ1n) is 7.80. The van der Waals surface area contributed by atoms with Crippen molar-refractivity contribution in [3.8, 4) is 0 Å². The minimum atomic E-state index is 0.115. The monoisotopic (exact) mass is 275 g/mol. The van der Waals surface area contributed by atoms with Crippen LogP contribution in [-0.2, 0) is 6.42 Å². The van der Waals surface area contributed by atoms with Crippen LogP contribution >= 0.6 is 0 Å². The lowest BCUT2D eigenvalue weighted by Crippen LogP contribution is -2.55. The SMILES string of the molecule is CCc1ccc(C(N)CN2CC(C)N(C)C(C)C2)cc1. The average molecular weight is 275 g/mol. The molecule has 20 heavy (non-hydrogen) atoms. The number of piperazine rings is 1. The minimum Gasteiger partial charge on any atom is -0.323 e. The van der Waals surface area contributed by atoms with Crippen molar-refractivity contribution in [3.05, 3.63) is 35.4 Å². The highest BCUT2D eigenvalue weighted by Crippen LogP contribution is 2.18. The van der Waals surface area contributed by atoms with E-state index in [9.17, 15) is 0 Å². The van der Waals surface area contributed by atoms with E-state index in [0.717, 1.165) is 26.1 Å². The smallest absolute Gasteiger partial charge is 0.0424 e. The Hall–Kier alpha value is -0.900. The number of likely N-dealkylation sites (N-methyl/N-ethyl adjacent to an activating group) is 1. The summed E-state index contributed by atoms with van der Waals surface area (Å²) >= 11 is 0. The van der Waals surface area contributed by atoms with E-state index in [0.29, 0.717) is 12.1 Å². The Balaban J connectivity index is 1.95. The molecule has 0 bridgehead atoms. The standard InChI is InChI=1S/C17H29N3/c1-5-15-6-8-16(9-7-15)17(18)12-20-10-13(2)19(4)14(3)11-20/h6-9,13-14,17H,5,10-12,18H2,1-4H3. The van der Waals surface area contributed by atoms with E-state index in [1.54, 1.807) is 0 Å². The molecule has 1 aromatic rings. The van der Waals surface area contributed by atoms with E-state index in [-0.39, 0.29) is 6.04 Å². The van der Waals surface area contributed by atoms with Crippen LogP contribution in [-0.4, -0.2) is 48.6 Å². The van der Waals surface area contributed by atoms with Crippen molar-refractivity contribution in [1.82, 2.24) is 9.80 Å². The molecule has 3 heteroatoms. The molecule has 0 amide bonds. The Morgan fingerprint density at radius 3 is 2.20 bits per heavy atom. The molecule has 0 aromatic heterocycles. The van der Waals surface area contributed by atoms with Gasteiger partial charge in [0.05, 0.1) is 0 Å². The van der Waals surface area contributed by atoms with Crippen molar-refractivity contribution in [3.63, 3.8) is 0 Å². The van der Waals surface area contributed by atoms with Gasteiger partial charge in [-0.15, -0.1) is 0 Å². The maximum absolute atomic E-state index is 6.39. The lowest BCUT2D eigenvalue weighted by atomic mass is 10.0. The van der Waals surface area contributed by atoms with Gasteiger partial charge in [0, 0.05) is 37.8 Å². The zero-order chi connectivity index (χ0) is 14.7. The van der Waals surface area contributed by atoms with E-state index in [1.807, 2.05) is 0 Å². The Morgan fingerprint density at radius 1 is 1.15 bits per heavy atom. The maximum atomic E-state index is 6.39. The lowest BCUT2D eigenvalue weighted by Gasteiger charge is -2.43. The van der Waals surface area contributed by atoms with Crippen LogP contribution in [0.5, 0.6) is 0 Å². The van der Waals surface area contributed by atoms with Gasteiger partial charge in [0.2, 0.25) is 0 Å². The van der Waals surface area contributed by atoms with Crippen LogP contribution in [0.15, 0.2) is 24.3 Å². The number of nitrogens with zero attached hydrogens (tertiary/aromatic N) is 2. The number of hydrogen-bond donors (Lipinski definition) is 1. The fourth-order valence-electron chi connectivity index (χ4n) is 3.05. The van der Waals surface area contributed by atoms with E-state index in [2.05, 4.69) is 61.9 Å². The third kappa shape index (κ3) is 3.60. The number of rotatable bonds is 4. The molecule has 0 radical (unpaired) electrons. The Morgan fingerprint density at radius 2 is 1.70 bits per heavy atom. The molecule has 0 spiro atoms. The van der Waals surface area contributed by atoms with Crippen molar-refractivity contribution >= 4 is 0 Å². The summed E-state index contributed by atoms with van der Waals surface area (Å²) < 4.78 is 0. The normalized spacial score (nSPS) is 26.6. The molecule has 3 atom stereocenters. The van der Waals surface area contributed by atoms with Gasteiger partial charge in [-0.1, -0.05) is 31.2 Å². The quantitative estimate of drug-likeness (QED) is 0.915. The third-order valence-electron chi connectivity index (χ3n) is 4.71. The summed E-state index contributed by atoms with van der Waals surface area (Å²) in [4.78, 5) is 4.96. The number of nitrogens with two attached hydrogens (primary N) is 1. The van der Waals surface area contributed by atoms with Crippen LogP contribution in [0.25, 0.3) is 0 Å². The summed E-state index contributed by atoms with van der Waals surface area (Å²) in [5.41, 5.74) is 9.02. The van der Waals surface area contributed by atoms with Gasteiger partial charge in [0.25, 0.3) is 0 Å². The Bertz CT molecular complexity index is 403. The second-order valence-electron chi connectivity index (χ2n) is 6.28. The molecule has 2 N–H and O–H groups in total. The number of benzene rings is 1. The molecular weight excluding hydrogens is 246 g/mol. The van der Waals surface area contributed by atoms with Crippen LogP contribution in [0.4, 0.5) is 0 Å². The molecule has 112 valence electrons. The zero-order valence-electron chi connectivity index (χ0n) is 13.3. The largest absolute Gasteiger partial charge is 0.323 e. The molecule has 1 aliphatic rings. The molecule has 2 rings (SSSR count). The summed E-state index contributed by atoms with van der Waals surface area (Å²) in [5.74, 6) is 0. The number of hydrogen-bond acceptors (Lipinski definition) is 3. The first-order valence-corrected chi connectivity index (χ1v) is 7.80. The van der Waals surface area contributed by atoms with Crippen LogP contribution in [0, 0.1) is 0 Å². The van der Waals surface area contributed by atoms with Gasteiger partial charge < -0.3 is 5.73 Å². The van der Waals surface area contributed by atoms with Crippen molar-refractivity contribution in [1.29, 1.82) is 0 Å². The van der Waals surface area contributed by atoms with Crippen molar-refractivity contribution in [2.45, 2.75) is 45.3 Å². The highest BCUT2D eigenvalue weighted by molar-refractivity contribution is 5.25. The predicted molar refractivity (Wildman–Crippen MR) is 85.9 cm³/mol. The summed E-state index contributed by atoms with van der Waals surface area (Å²) in [6, 6.07) is 10.1. The van der Waals surface area contributed by atoms with Gasteiger partial charge in [-0.25, -0.2) is 0 Å². The lowest BCUT2D eigenvalue weighted by molar-refractivity contribution is 0.0567. The molecule has 1 heterocycles. The Kier molecular flexibility index (Phi) is 5.19. The fraction of sp³-hybridized carbons (Fsp3) is 0.647. The Labute approximate surface area is 123 Å². The third-order valence-corrected chi connectivity index (χ3v) is 4.71. The predicted octanol–water partition coefficient (Wildman–Crippen LogP) is 2.27. The highest BCUT2D eigenvalue weighted by Gasteiger charge is 2.27. The van der Waals surface area contributed by atoms with Crippen molar-refractivity contribution in [2.75, 3.05) is 26.7 Å². The molecule has 1 saturated heterocycles. The minimum absolute atomic E-state index is 0.115. The van der Waals surface area contributed by atoms with Gasteiger partial charge in [-0.3, -0.25) is 9.80 Å². The molecule has 3 nitrogen and oxygen atoms in total. The van der Waals surface area contributed by atoms with Crippen LogP contribution in [0.2, 0.25) is 0 Å². The van der Waals surface area contributed by atoms with Crippen molar-refractivity contribution < 1.29 is 0 Å². The molecule has 3 unspecified atom stereocenters. The second-order valence-corrected chi connectivity index (χ2v) is 6.28. The molecular formula is C17H29N3. The summed E-state index contributed by atoms with van der Waals surface area (Å²) in [6.45, 7) is 9.95. The van der Waals surface area contributed by atoms with Gasteiger partial charge in [0.1, 0.15) is 0 Å². The highest BCUT2D eigenvalue weighted by atomic mass is 15.3. The first-order chi connectivity index (χ1) is 9.51. The van der Waals surface area contributed by atoms with E-state index in [1.165, 1.54) is 11.1 Å². The van der Waals surface area contributed by atoms with Gasteiger partial charge in [0.15, 0.2) is 0 Å². The van der Waals surface area contributed by atoms with Crippen LogP contribution in [0.1, 0.15) is 37.9 Å². The molecule has 1 fully saturated rings. The average Bonchev–Trinajstić information content (AvgIpc) is 2.44. The first kappa shape index (κ1) is 15.5. The van der Waals surface area contributed by atoms with E-state index in [4.69, 9.17) is 5.73 Å². The van der Waals surface area contributed by atoms with E-state index >= 15 is 0 Å². The molecule has 0 aliphatic carbocycles. The van der Waals surface area contributed by atoms with Gasteiger partial charge in [-0.05, 0) is 38.4 Å². The zero-order valence-corrected chi connectivity index (χ0v) is 13.3. The van der Waals surface area contributed by atoms with Gasteiger partial charge >= 0.3 is 0 Å². The fourth-order valence-corrected chi connectivity index (χ4v) is 3.05. The maximum Gasteiger partial charge on any atom is 0.0424 e. The molecule has 1 aliphatic heterocycles. The topological polar surface area (TPSA) is 32.5 Å². The molecule has 0 saturated carbocycles. The van der Waals surface area contributed by atoms with Crippen LogP contribution < -0.4 is 5.73 Å². The second kappa shape index (κ2) is 6.70. The summed E-state index contributed by atoms with van der Waals surface area (Å²) in [7, 11) is 2.22.